The Bertz CT molecular complexity index is 789. The SMILES string of the molecule is O=C(c1ccccc1)N1CCN(CC(O)COc2ccc([N+](=O)[O-])cc2)CC1. The van der Waals surface area contributed by atoms with Gasteiger partial charge in [0.1, 0.15) is 18.5 Å². The lowest BCUT2D eigenvalue weighted by Gasteiger charge is -2.35. The van der Waals surface area contributed by atoms with Crippen molar-refractivity contribution in [3.63, 3.8) is 0 Å². The highest BCUT2D eigenvalue weighted by atomic mass is 16.6. The monoisotopic (exact) mass is 385 g/mol. The van der Waals surface area contributed by atoms with Crippen LogP contribution in [0.2, 0.25) is 0 Å². The third-order valence-electron chi connectivity index (χ3n) is 4.64. The minimum absolute atomic E-state index is 0.00387. The normalized spacial score (nSPS) is 15.8. The molecule has 0 aromatic heterocycles. The van der Waals surface area contributed by atoms with Crippen molar-refractivity contribution in [2.75, 3.05) is 39.3 Å². The summed E-state index contributed by atoms with van der Waals surface area (Å²) in [5.41, 5.74) is 0.684. The zero-order valence-corrected chi connectivity index (χ0v) is 15.4. The Morgan fingerprint density at radius 2 is 1.71 bits per heavy atom. The van der Waals surface area contributed by atoms with Gasteiger partial charge in [0, 0.05) is 50.4 Å². The first-order valence-corrected chi connectivity index (χ1v) is 9.15. The number of ether oxygens (including phenoxy) is 1. The maximum atomic E-state index is 12.4. The van der Waals surface area contributed by atoms with Crippen LogP contribution in [-0.4, -0.2) is 71.2 Å². The second kappa shape index (κ2) is 9.29. The van der Waals surface area contributed by atoms with Gasteiger partial charge in [-0.25, -0.2) is 0 Å². The van der Waals surface area contributed by atoms with E-state index in [1.165, 1.54) is 24.3 Å². The Morgan fingerprint density at radius 1 is 1.07 bits per heavy atom. The van der Waals surface area contributed by atoms with E-state index < -0.39 is 11.0 Å². The zero-order chi connectivity index (χ0) is 19.9. The fourth-order valence-corrected chi connectivity index (χ4v) is 3.10. The van der Waals surface area contributed by atoms with Crippen LogP contribution < -0.4 is 4.74 Å². The molecule has 2 aromatic rings. The number of rotatable bonds is 7. The highest BCUT2D eigenvalue weighted by Crippen LogP contribution is 2.17. The first kappa shape index (κ1) is 19.8. The van der Waals surface area contributed by atoms with Gasteiger partial charge < -0.3 is 14.7 Å². The molecule has 1 unspecified atom stereocenters. The van der Waals surface area contributed by atoms with E-state index in [0.29, 0.717) is 44.0 Å². The van der Waals surface area contributed by atoms with Crippen LogP contribution in [0.3, 0.4) is 0 Å². The third kappa shape index (κ3) is 5.28. The highest BCUT2D eigenvalue weighted by molar-refractivity contribution is 5.94. The summed E-state index contributed by atoms with van der Waals surface area (Å²) in [4.78, 5) is 26.5. The lowest BCUT2D eigenvalue weighted by Crippen LogP contribution is -2.50. The van der Waals surface area contributed by atoms with E-state index >= 15 is 0 Å². The molecule has 3 rings (SSSR count). The summed E-state index contributed by atoms with van der Waals surface area (Å²) in [5, 5.41) is 20.8. The molecular formula is C20H23N3O5. The zero-order valence-electron chi connectivity index (χ0n) is 15.4. The number of aliphatic hydroxyl groups is 1. The van der Waals surface area contributed by atoms with Crippen molar-refractivity contribution in [2.24, 2.45) is 0 Å². The largest absolute Gasteiger partial charge is 0.491 e. The summed E-state index contributed by atoms with van der Waals surface area (Å²) >= 11 is 0. The van der Waals surface area contributed by atoms with E-state index in [9.17, 15) is 20.0 Å². The van der Waals surface area contributed by atoms with Crippen molar-refractivity contribution < 1.29 is 19.6 Å². The number of β-amino-alcohol motifs (C(OH)–C–C–N with tert-alkyl or cyclic N) is 1. The molecule has 28 heavy (non-hydrogen) atoms. The molecule has 8 heteroatoms. The lowest BCUT2D eigenvalue weighted by molar-refractivity contribution is -0.384. The van der Waals surface area contributed by atoms with E-state index in [1.807, 2.05) is 35.2 Å². The number of amides is 1. The van der Waals surface area contributed by atoms with Gasteiger partial charge in [0.2, 0.25) is 0 Å². The van der Waals surface area contributed by atoms with Crippen LogP contribution in [0.5, 0.6) is 5.75 Å². The summed E-state index contributed by atoms with van der Waals surface area (Å²) in [6, 6.07) is 15.0. The average molecular weight is 385 g/mol. The van der Waals surface area contributed by atoms with Crippen molar-refractivity contribution in [3.05, 3.63) is 70.3 Å². The van der Waals surface area contributed by atoms with Crippen LogP contribution in [-0.2, 0) is 0 Å². The van der Waals surface area contributed by atoms with Gasteiger partial charge in [-0.3, -0.25) is 19.8 Å². The lowest BCUT2D eigenvalue weighted by atomic mass is 10.2. The molecule has 1 aliphatic rings. The number of piperazine rings is 1. The Balaban J connectivity index is 1.40. The van der Waals surface area contributed by atoms with Gasteiger partial charge in [0.25, 0.3) is 11.6 Å². The van der Waals surface area contributed by atoms with E-state index in [-0.39, 0.29) is 18.2 Å². The Morgan fingerprint density at radius 3 is 2.32 bits per heavy atom. The van der Waals surface area contributed by atoms with Crippen LogP contribution >= 0.6 is 0 Å². The molecule has 2 aromatic carbocycles. The molecule has 1 saturated heterocycles. The van der Waals surface area contributed by atoms with E-state index in [1.54, 1.807) is 0 Å². The first-order chi connectivity index (χ1) is 13.5. The van der Waals surface area contributed by atoms with Gasteiger partial charge >= 0.3 is 0 Å². The van der Waals surface area contributed by atoms with Crippen LogP contribution in [0.4, 0.5) is 5.69 Å². The molecule has 0 spiro atoms. The minimum atomic E-state index is -0.688. The number of nitro groups is 1. The fourth-order valence-electron chi connectivity index (χ4n) is 3.10. The van der Waals surface area contributed by atoms with Gasteiger partial charge in [-0.05, 0) is 24.3 Å². The fraction of sp³-hybridized carbons (Fsp3) is 0.350. The Labute approximate surface area is 163 Å². The van der Waals surface area contributed by atoms with Crippen LogP contribution in [0.15, 0.2) is 54.6 Å². The molecular weight excluding hydrogens is 362 g/mol. The Hall–Kier alpha value is -2.97. The number of non-ortho nitro benzene ring substituents is 1. The number of benzene rings is 2. The number of carbonyl (C=O) groups excluding carboxylic acids is 1. The number of aliphatic hydroxyl groups excluding tert-OH is 1. The maximum Gasteiger partial charge on any atom is 0.269 e. The number of hydrogen-bond donors (Lipinski definition) is 1. The van der Waals surface area contributed by atoms with Crippen LogP contribution in [0.25, 0.3) is 0 Å². The van der Waals surface area contributed by atoms with Gasteiger partial charge in [0.15, 0.2) is 0 Å². The van der Waals surface area contributed by atoms with Crippen molar-refractivity contribution in [2.45, 2.75) is 6.10 Å². The molecule has 1 atom stereocenters. The summed E-state index contributed by atoms with van der Waals surface area (Å²) in [6.45, 7) is 3.15. The second-order valence-corrected chi connectivity index (χ2v) is 6.67. The number of nitrogens with zero attached hydrogens (tertiary/aromatic N) is 3. The summed E-state index contributed by atoms with van der Waals surface area (Å²) < 4.78 is 5.50. The molecule has 1 amide bonds. The molecule has 8 nitrogen and oxygen atoms in total. The summed E-state index contributed by atoms with van der Waals surface area (Å²) in [6.07, 6.45) is -0.688. The molecule has 1 aliphatic heterocycles. The standard InChI is InChI=1S/C20H23N3O5/c24-18(15-28-19-8-6-17(7-9-19)23(26)27)14-21-10-12-22(13-11-21)20(25)16-4-2-1-3-5-16/h1-9,18,24H,10-15H2. The summed E-state index contributed by atoms with van der Waals surface area (Å²) in [5.74, 6) is 0.505. The van der Waals surface area contributed by atoms with Crippen molar-refractivity contribution in [1.82, 2.24) is 9.80 Å². The minimum Gasteiger partial charge on any atom is -0.491 e. The Kier molecular flexibility index (Phi) is 6.57. The maximum absolute atomic E-state index is 12.4. The van der Waals surface area contributed by atoms with Crippen molar-refractivity contribution in [3.8, 4) is 5.75 Å². The summed E-state index contributed by atoms with van der Waals surface area (Å²) in [7, 11) is 0. The number of nitro benzene ring substituents is 1. The van der Waals surface area contributed by atoms with E-state index in [0.717, 1.165) is 0 Å². The molecule has 0 bridgehead atoms. The molecule has 148 valence electrons. The second-order valence-electron chi connectivity index (χ2n) is 6.67. The predicted molar refractivity (Wildman–Crippen MR) is 103 cm³/mol. The predicted octanol–water partition coefficient (Wildman–Crippen LogP) is 1.79. The van der Waals surface area contributed by atoms with Gasteiger partial charge in [0.05, 0.1) is 4.92 Å². The van der Waals surface area contributed by atoms with Gasteiger partial charge in [-0.2, -0.15) is 0 Å². The molecule has 0 radical (unpaired) electrons. The average Bonchev–Trinajstić information content (AvgIpc) is 2.73. The molecule has 0 saturated carbocycles. The van der Waals surface area contributed by atoms with Crippen LogP contribution in [0.1, 0.15) is 10.4 Å². The van der Waals surface area contributed by atoms with Crippen LogP contribution in [0, 0.1) is 10.1 Å². The van der Waals surface area contributed by atoms with E-state index in [4.69, 9.17) is 4.74 Å². The third-order valence-corrected chi connectivity index (χ3v) is 4.64. The topological polar surface area (TPSA) is 96.2 Å². The van der Waals surface area contributed by atoms with Crippen molar-refractivity contribution >= 4 is 11.6 Å². The smallest absolute Gasteiger partial charge is 0.269 e. The number of hydrogen-bond acceptors (Lipinski definition) is 6. The van der Waals surface area contributed by atoms with Crippen molar-refractivity contribution in [1.29, 1.82) is 0 Å². The van der Waals surface area contributed by atoms with E-state index in [2.05, 4.69) is 4.90 Å². The number of carbonyl (C=O) groups is 1. The van der Waals surface area contributed by atoms with Gasteiger partial charge in [-0.15, -0.1) is 0 Å². The first-order valence-electron chi connectivity index (χ1n) is 9.15. The quantitative estimate of drug-likeness (QED) is 0.577. The molecule has 1 fully saturated rings. The van der Waals surface area contributed by atoms with Gasteiger partial charge in [-0.1, -0.05) is 18.2 Å². The molecule has 0 aliphatic carbocycles. The molecule has 1 heterocycles. The molecule has 1 N–H and O–H groups in total. The highest BCUT2D eigenvalue weighted by Gasteiger charge is 2.23.